The van der Waals surface area contributed by atoms with Crippen molar-refractivity contribution in [3.63, 3.8) is 0 Å². The molecule has 1 N–H and O–H groups in total. The van der Waals surface area contributed by atoms with Crippen molar-refractivity contribution >= 4 is 11.9 Å². The minimum absolute atomic E-state index is 0.163. The number of carbonyl (C=O) groups is 1. The number of imidazole rings is 1. The molecule has 0 aromatic carbocycles. The molecule has 90 valence electrons. The molecule has 0 atom stereocenters. The summed E-state index contributed by atoms with van der Waals surface area (Å²) in [5.74, 6) is 0.756. The number of amides is 1. The normalized spacial score (nSPS) is 10.5. The Bertz CT molecular complexity index is 488. The van der Waals surface area contributed by atoms with E-state index in [1.165, 1.54) is 6.26 Å². The molecule has 0 bridgehead atoms. The van der Waals surface area contributed by atoms with Gasteiger partial charge in [0.25, 0.3) is 5.91 Å². The Hall–Kier alpha value is -2.04. The number of H-pyrrole nitrogens is 1. The summed E-state index contributed by atoms with van der Waals surface area (Å²) < 4.78 is 5.22. The Morgan fingerprint density at radius 2 is 2.41 bits per heavy atom. The number of nitrogens with one attached hydrogen (secondary N) is 1. The van der Waals surface area contributed by atoms with Crippen molar-refractivity contribution in [1.29, 1.82) is 0 Å². The van der Waals surface area contributed by atoms with Crippen molar-refractivity contribution < 1.29 is 9.21 Å². The van der Waals surface area contributed by atoms with E-state index in [9.17, 15) is 4.79 Å². The first kappa shape index (κ1) is 11.4. The monoisotopic (exact) mass is 233 g/mol. The highest BCUT2D eigenvalue weighted by atomic mass is 16.3. The fourth-order valence-electron chi connectivity index (χ4n) is 1.65. The minimum atomic E-state index is -0.163. The molecule has 0 fully saturated rings. The molecule has 5 heteroatoms. The lowest BCUT2D eigenvalue weighted by atomic mass is 10.2. The lowest BCUT2D eigenvalue weighted by Gasteiger charge is -2.18. The van der Waals surface area contributed by atoms with E-state index in [-0.39, 0.29) is 5.91 Å². The van der Waals surface area contributed by atoms with Crippen molar-refractivity contribution in [3.8, 4) is 0 Å². The summed E-state index contributed by atoms with van der Waals surface area (Å²) in [6.45, 7) is 4.47. The largest absolute Gasteiger partial charge is 0.459 e. The average Bonchev–Trinajstić information content (AvgIpc) is 2.95. The topological polar surface area (TPSA) is 62.1 Å². The molecule has 2 aromatic rings. The highest BCUT2D eigenvalue weighted by molar-refractivity contribution is 6.04. The van der Waals surface area contributed by atoms with Crippen LogP contribution in [0.2, 0.25) is 0 Å². The summed E-state index contributed by atoms with van der Waals surface area (Å²) >= 11 is 0. The Morgan fingerprint density at radius 1 is 1.59 bits per heavy atom. The molecule has 1 amide bonds. The van der Waals surface area contributed by atoms with Crippen LogP contribution < -0.4 is 4.90 Å². The maximum atomic E-state index is 12.3. The summed E-state index contributed by atoms with van der Waals surface area (Å²) in [4.78, 5) is 20.9. The Labute approximate surface area is 99.5 Å². The van der Waals surface area contributed by atoms with Gasteiger partial charge in [0.2, 0.25) is 5.95 Å². The van der Waals surface area contributed by atoms with Gasteiger partial charge in [0.15, 0.2) is 5.76 Å². The number of nitrogens with zero attached hydrogens (tertiary/aromatic N) is 2. The van der Waals surface area contributed by atoms with E-state index in [1.807, 2.05) is 13.8 Å². The first-order valence-electron chi connectivity index (χ1n) is 5.59. The van der Waals surface area contributed by atoms with Crippen molar-refractivity contribution in [2.45, 2.75) is 20.3 Å². The number of furan rings is 1. The van der Waals surface area contributed by atoms with E-state index in [0.29, 0.717) is 18.3 Å². The molecule has 0 aliphatic rings. The fraction of sp³-hybridized carbons (Fsp3) is 0.333. The molecule has 0 aliphatic carbocycles. The Morgan fingerprint density at radius 3 is 2.94 bits per heavy atom. The van der Waals surface area contributed by atoms with E-state index < -0.39 is 0 Å². The lowest BCUT2D eigenvalue weighted by molar-refractivity contribution is 0.0958. The molecule has 2 rings (SSSR count). The van der Waals surface area contributed by atoms with E-state index in [4.69, 9.17) is 4.42 Å². The summed E-state index contributed by atoms with van der Waals surface area (Å²) in [5, 5.41) is 0. The van der Waals surface area contributed by atoms with Crippen LogP contribution in [-0.4, -0.2) is 22.4 Å². The number of hydrogen-bond donors (Lipinski definition) is 1. The zero-order valence-electron chi connectivity index (χ0n) is 9.93. The predicted octanol–water partition coefficient (Wildman–Crippen LogP) is 2.37. The van der Waals surface area contributed by atoms with Crippen LogP contribution in [0, 0.1) is 6.92 Å². The van der Waals surface area contributed by atoms with Gasteiger partial charge in [0, 0.05) is 24.5 Å². The quantitative estimate of drug-likeness (QED) is 0.881. The van der Waals surface area contributed by atoms with Gasteiger partial charge in [-0.25, -0.2) is 4.98 Å². The summed E-state index contributed by atoms with van der Waals surface area (Å²) in [7, 11) is 0. The molecule has 5 nitrogen and oxygen atoms in total. The van der Waals surface area contributed by atoms with E-state index in [2.05, 4.69) is 9.97 Å². The highest BCUT2D eigenvalue weighted by Crippen LogP contribution is 2.16. The smallest absolute Gasteiger partial charge is 0.296 e. The molecule has 0 spiro atoms. The molecule has 0 radical (unpaired) electrons. The third-order valence-corrected chi connectivity index (χ3v) is 2.49. The van der Waals surface area contributed by atoms with Crippen LogP contribution in [0.25, 0.3) is 0 Å². The second kappa shape index (κ2) is 4.86. The van der Waals surface area contributed by atoms with Crippen LogP contribution in [0.3, 0.4) is 0 Å². The molecule has 0 saturated heterocycles. The van der Waals surface area contributed by atoms with Gasteiger partial charge in [-0.1, -0.05) is 6.92 Å². The fourth-order valence-corrected chi connectivity index (χ4v) is 1.65. The predicted molar refractivity (Wildman–Crippen MR) is 64.0 cm³/mol. The van der Waals surface area contributed by atoms with Gasteiger partial charge in [-0.15, -0.1) is 0 Å². The maximum Gasteiger partial charge on any atom is 0.296 e. The van der Waals surface area contributed by atoms with E-state index in [1.54, 1.807) is 23.4 Å². The van der Waals surface area contributed by atoms with Gasteiger partial charge >= 0.3 is 0 Å². The number of aryl methyl sites for hydroxylation is 1. The van der Waals surface area contributed by atoms with Crippen molar-refractivity contribution in [3.05, 3.63) is 36.0 Å². The average molecular weight is 233 g/mol. The molecule has 0 aliphatic heterocycles. The number of carbonyl (C=O) groups excluding carboxylic acids is 1. The molecule has 2 heterocycles. The number of aromatic nitrogens is 2. The summed E-state index contributed by atoms with van der Waals surface area (Å²) in [6, 6.07) is 1.78. The zero-order valence-corrected chi connectivity index (χ0v) is 9.93. The first-order valence-corrected chi connectivity index (χ1v) is 5.59. The SMILES string of the molecule is CCCN(C(=O)c1occc1C)c1ncc[nH]1. The molecule has 0 saturated carbocycles. The number of hydrogen-bond acceptors (Lipinski definition) is 3. The molecular weight excluding hydrogens is 218 g/mol. The second-order valence-corrected chi connectivity index (χ2v) is 3.80. The summed E-state index contributed by atoms with van der Waals surface area (Å²) in [5.41, 5.74) is 0.836. The van der Waals surface area contributed by atoms with Crippen LogP contribution >= 0.6 is 0 Å². The van der Waals surface area contributed by atoms with Gasteiger partial charge in [-0.3, -0.25) is 9.69 Å². The standard InChI is InChI=1S/C12H15N3O2/c1-3-7-15(12-13-5-6-14-12)11(16)10-9(2)4-8-17-10/h4-6,8H,3,7H2,1-2H3,(H,13,14). The maximum absolute atomic E-state index is 12.3. The van der Waals surface area contributed by atoms with Crippen LogP contribution in [-0.2, 0) is 0 Å². The molecule has 17 heavy (non-hydrogen) atoms. The lowest BCUT2D eigenvalue weighted by Crippen LogP contribution is -2.32. The number of anilines is 1. The number of rotatable bonds is 4. The second-order valence-electron chi connectivity index (χ2n) is 3.80. The van der Waals surface area contributed by atoms with Crippen LogP contribution in [0.4, 0.5) is 5.95 Å². The van der Waals surface area contributed by atoms with Crippen molar-refractivity contribution in [2.75, 3.05) is 11.4 Å². The third kappa shape index (κ3) is 2.22. The van der Waals surface area contributed by atoms with Crippen LogP contribution in [0.15, 0.2) is 29.1 Å². The van der Waals surface area contributed by atoms with Gasteiger partial charge in [-0.2, -0.15) is 0 Å². The van der Waals surface area contributed by atoms with E-state index in [0.717, 1.165) is 12.0 Å². The Kier molecular flexibility index (Phi) is 3.27. The Balaban J connectivity index is 2.29. The number of aromatic amines is 1. The highest BCUT2D eigenvalue weighted by Gasteiger charge is 2.22. The summed E-state index contributed by atoms with van der Waals surface area (Å²) in [6.07, 6.45) is 5.70. The zero-order chi connectivity index (χ0) is 12.3. The molecule has 2 aromatic heterocycles. The molecule has 0 unspecified atom stereocenters. The van der Waals surface area contributed by atoms with Crippen LogP contribution in [0.1, 0.15) is 29.5 Å². The van der Waals surface area contributed by atoms with Gasteiger partial charge in [0.05, 0.1) is 6.26 Å². The molecular formula is C12H15N3O2. The van der Waals surface area contributed by atoms with E-state index >= 15 is 0 Å². The third-order valence-electron chi connectivity index (χ3n) is 2.49. The van der Waals surface area contributed by atoms with Gasteiger partial charge in [0.1, 0.15) is 0 Å². The first-order chi connectivity index (χ1) is 8.24. The van der Waals surface area contributed by atoms with Crippen LogP contribution in [0.5, 0.6) is 0 Å². The van der Waals surface area contributed by atoms with Crippen molar-refractivity contribution in [2.24, 2.45) is 0 Å². The minimum Gasteiger partial charge on any atom is -0.459 e. The van der Waals surface area contributed by atoms with Crippen molar-refractivity contribution in [1.82, 2.24) is 9.97 Å². The van der Waals surface area contributed by atoms with Gasteiger partial charge < -0.3 is 9.40 Å². The van der Waals surface area contributed by atoms with Gasteiger partial charge in [-0.05, 0) is 19.4 Å².